The molecule has 0 saturated carbocycles. The van der Waals surface area contributed by atoms with Crippen LogP contribution < -0.4 is 4.74 Å². The van der Waals surface area contributed by atoms with Crippen LogP contribution in [0, 0.1) is 0 Å². The van der Waals surface area contributed by atoms with Gasteiger partial charge in [-0.15, -0.1) is 13.2 Å². The largest absolute Gasteiger partial charge is 0.573 e. The molecule has 1 heterocycles. The lowest BCUT2D eigenvalue weighted by atomic mass is 10.2. The van der Waals surface area contributed by atoms with Crippen LogP contribution in [0.4, 0.5) is 17.6 Å². The Morgan fingerprint density at radius 1 is 1.50 bits per heavy atom. The van der Waals surface area contributed by atoms with Crippen molar-refractivity contribution in [3.63, 3.8) is 0 Å². The highest BCUT2D eigenvalue weighted by Gasteiger charge is 2.36. The maximum absolute atomic E-state index is 12.6. The van der Waals surface area contributed by atoms with Crippen molar-refractivity contribution < 1.29 is 36.9 Å². The van der Waals surface area contributed by atoms with Crippen LogP contribution in [0.25, 0.3) is 0 Å². The van der Waals surface area contributed by atoms with Crippen molar-refractivity contribution in [1.82, 2.24) is 4.98 Å². The number of aromatic nitrogens is 1. The number of hydrogen-bond acceptors (Lipinski definition) is 5. The molecule has 1 N–H and O–H groups in total. The average molecular weight is 269 g/mol. The molecular weight excluding hydrogens is 262 g/mol. The number of carbonyl (C=O) groups excluding carboxylic acids is 1. The van der Waals surface area contributed by atoms with Crippen LogP contribution in [0.3, 0.4) is 0 Å². The van der Waals surface area contributed by atoms with Gasteiger partial charge in [0.25, 0.3) is 0 Å². The van der Waals surface area contributed by atoms with Gasteiger partial charge in [0.15, 0.2) is 11.4 Å². The van der Waals surface area contributed by atoms with E-state index in [4.69, 9.17) is 5.11 Å². The van der Waals surface area contributed by atoms with Gasteiger partial charge in [-0.2, -0.15) is 0 Å². The van der Waals surface area contributed by atoms with E-state index in [1.807, 2.05) is 0 Å². The number of nitrogens with zero attached hydrogens (tertiary/aromatic N) is 1. The molecule has 0 aliphatic heterocycles. The Balaban J connectivity index is 3.39. The molecule has 1 rings (SSSR count). The van der Waals surface area contributed by atoms with Gasteiger partial charge in [-0.3, -0.25) is 0 Å². The summed E-state index contributed by atoms with van der Waals surface area (Å²) in [5, 5.41) is 9.17. The first-order valence-electron chi connectivity index (χ1n) is 4.41. The minimum Gasteiger partial charge on any atom is -0.506 e. The molecule has 0 spiro atoms. The SMILES string of the molecule is COC(=O)c1ncc(O)c(CF)c1OC(F)(F)F. The smallest absolute Gasteiger partial charge is 0.506 e. The van der Waals surface area contributed by atoms with E-state index in [9.17, 15) is 22.4 Å². The van der Waals surface area contributed by atoms with Gasteiger partial charge in [0, 0.05) is 0 Å². The van der Waals surface area contributed by atoms with Crippen LogP contribution in [0.15, 0.2) is 6.20 Å². The van der Waals surface area contributed by atoms with E-state index in [1.54, 1.807) is 0 Å². The number of aromatic hydroxyl groups is 1. The second-order valence-corrected chi connectivity index (χ2v) is 2.97. The number of rotatable bonds is 3. The van der Waals surface area contributed by atoms with Gasteiger partial charge in [0.05, 0.1) is 18.9 Å². The number of alkyl halides is 4. The highest BCUT2D eigenvalue weighted by Crippen LogP contribution is 2.34. The molecule has 100 valence electrons. The average Bonchev–Trinajstić information content (AvgIpc) is 2.26. The minimum absolute atomic E-state index is 0.629. The number of methoxy groups -OCH3 is 1. The molecule has 0 unspecified atom stereocenters. The van der Waals surface area contributed by atoms with Crippen LogP contribution in [0.2, 0.25) is 0 Å². The Bertz CT molecular complexity index is 461. The number of ether oxygens (including phenoxy) is 2. The summed E-state index contributed by atoms with van der Waals surface area (Å²) in [4.78, 5) is 14.4. The third kappa shape index (κ3) is 2.99. The summed E-state index contributed by atoms with van der Waals surface area (Å²) < 4.78 is 56.6. The molecule has 0 bridgehead atoms. The summed E-state index contributed by atoms with van der Waals surface area (Å²) in [5.74, 6) is -3.31. The highest BCUT2D eigenvalue weighted by atomic mass is 19.4. The van der Waals surface area contributed by atoms with Crippen molar-refractivity contribution >= 4 is 5.97 Å². The molecule has 0 radical (unpaired) electrons. The predicted molar refractivity (Wildman–Crippen MR) is 48.7 cm³/mol. The summed E-state index contributed by atoms with van der Waals surface area (Å²) in [6, 6.07) is 0. The maximum atomic E-state index is 12.6. The minimum atomic E-state index is -5.16. The molecule has 0 aromatic carbocycles. The molecule has 0 amide bonds. The normalized spacial score (nSPS) is 11.2. The Morgan fingerprint density at radius 3 is 2.56 bits per heavy atom. The number of halogens is 4. The summed E-state index contributed by atoms with van der Waals surface area (Å²) in [6.45, 7) is -1.47. The lowest BCUT2D eigenvalue weighted by molar-refractivity contribution is -0.275. The zero-order valence-corrected chi connectivity index (χ0v) is 8.92. The van der Waals surface area contributed by atoms with E-state index in [2.05, 4.69) is 14.5 Å². The van der Waals surface area contributed by atoms with Crippen molar-refractivity contribution in [3.05, 3.63) is 17.5 Å². The van der Waals surface area contributed by atoms with Crippen molar-refractivity contribution in [2.45, 2.75) is 13.0 Å². The third-order valence-corrected chi connectivity index (χ3v) is 1.84. The van der Waals surface area contributed by atoms with E-state index >= 15 is 0 Å². The summed E-state index contributed by atoms with van der Waals surface area (Å²) in [7, 11) is 0.906. The Labute approximate surface area is 98.0 Å². The fourth-order valence-electron chi connectivity index (χ4n) is 1.12. The molecule has 18 heavy (non-hydrogen) atoms. The molecule has 0 aliphatic carbocycles. The molecule has 1 aromatic rings. The first-order valence-corrected chi connectivity index (χ1v) is 4.41. The second kappa shape index (κ2) is 5.07. The van der Waals surface area contributed by atoms with Gasteiger partial charge in [-0.25, -0.2) is 14.2 Å². The maximum Gasteiger partial charge on any atom is 0.573 e. The Hall–Kier alpha value is -2.06. The molecule has 1 aromatic heterocycles. The standard InChI is InChI=1S/C9H7F4NO4/c1-17-8(16)6-7(18-9(11,12)13)4(2-10)5(15)3-14-6/h3,15H,2H2,1H3. The van der Waals surface area contributed by atoms with Crippen LogP contribution >= 0.6 is 0 Å². The molecule has 0 fully saturated rings. The van der Waals surface area contributed by atoms with Crippen molar-refractivity contribution in [3.8, 4) is 11.5 Å². The molecule has 0 aliphatic rings. The predicted octanol–water partition coefficient (Wildman–Crippen LogP) is 1.94. The highest BCUT2D eigenvalue weighted by molar-refractivity contribution is 5.91. The van der Waals surface area contributed by atoms with Gasteiger partial charge in [-0.05, 0) is 0 Å². The number of carbonyl (C=O) groups is 1. The van der Waals surface area contributed by atoms with E-state index in [0.29, 0.717) is 6.20 Å². The number of hydrogen-bond donors (Lipinski definition) is 1. The van der Waals surface area contributed by atoms with Crippen LogP contribution in [0.1, 0.15) is 16.1 Å². The fourth-order valence-corrected chi connectivity index (χ4v) is 1.12. The summed E-state index contributed by atoms with van der Waals surface area (Å²) in [5.41, 5.74) is -1.71. The molecule has 9 heteroatoms. The monoisotopic (exact) mass is 269 g/mol. The third-order valence-electron chi connectivity index (χ3n) is 1.84. The fraction of sp³-hybridized carbons (Fsp3) is 0.333. The van der Waals surface area contributed by atoms with Gasteiger partial charge >= 0.3 is 12.3 Å². The summed E-state index contributed by atoms with van der Waals surface area (Å²) in [6.07, 6.45) is -4.54. The zero-order valence-electron chi connectivity index (χ0n) is 8.92. The number of esters is 1. The van der Waals surface area contributed by atoms with Gasteiger partial charge in [-0.1, -0.05) is 0 Å². The first kappa shape index (κ1) is 14.0. The second-order valence-electron chi connectivity index (χ2n) is 2.97. The summed E-state index contributed by atoms with van der Waals surface area (Å²) >= 11 is 0. The zero-order chi connectivity index (χ0) is 13.9. The van der Waals surface area contributed by atoms with E-state index in [0.717, 1.165) is 7.11 Å². The Kier molecular flexibility index (Phi) is 3.94. The quantitative estimate of drug-likeness (QED) is 0.670. The van der Waals surface area contributed by atoms with E-state index < -0.39 is 41.8 Å². The first-order chi connectivity index (χ1) is 8.30. The molecular formula is C9H7F4NO4. The van der Waals surface area contributed by atoms with E-state index in [-0.39, 0.29) is 0 Å². The lowest BCUT2D eigenvalue weighted by Crippen LogP contribution is -2.21. The number of pyridine rings is 1. The van der Waals surface area contributed by atoms with Crippen molar-refractivity contribution in [2.24, 2.45) is 0 Å². The van der Waals surface area contributed by atoms with Crippen LogP contribution in [0.5, 0.6) is 11.5 Å². The van der Waals surface area contributed by atoms with Gasteiger partial charge in [0.1, 0.15) is 12.4 Å². The van der Waals surface area contributed by atoms with Crippen LogP contribution in [-0.4, -0.2) is 29.5 Å². The van der Waals surface area contributed by atoms with Crippen molar-refractivity contribution in [1.29, 1.82) is 0 Å². The van der Waals surface area contributed by atoms with Gasteiger partial charge in [0.2, 0.25) is 0 Å². The topological polar surface area (TPSA) is 68.7 Å². The van der Waals surface area contributed by atoms with E-state index in [1.165, 1.54) is 0 Å². The Morgan fingerprint density at radius 2 is 2.11 bits per heavy atom. The molecule has 5 nitrogen and oxygen atoms in total. The van der Waals surface area contributed by atoms with Gasteiger partial charge < -0.3 is 14.6 Å². The molecule has 0 atom stereocenters. The molecule has 0 saturated heterocycles. The lowest BCUT2D eigenvalue weighted by Gasteiger charge is -2.14. The van der Waals surface area contributed by atoms with Crippen molar-refractivity contribution in [2.75, 3.05) is 7.11 Å². The van der Waals surface area contributed by atoms with Crippen LogP contribution in [-0.2, 0) is 11.4 Å².